The Morgan fingerprint density at radius 1 is 1.04 bits per heavy atom. The predicted molar refractivity (Wildman–Crippen MR) is 123 cm³/mol. The van der Waals surface area contributed by atoms with Gasteiger partial charge in [-0.05, 0) is 36.2 Å². The van der Waals surface area contributed by atoms with Crippen molar-refractivity contribution in [2.75, 3.05) is 19.6 Å². The fraction of sp³-hybridized carbons (Fsp3) is 0.300. The fourth-order valence-corrected chi connectivity index (χ4v) is 2.56. The number of guanidine groups is 1. The summed E-state index contributed by atoms with van der Waals surface area (Å²) in [5.41, 5.74) is 1.72. The van der Waals surface area contributed by atoms with Gasteiger partial charge in [0.1, 0.15) is 5.82 Å². The average molecular weight is 519 g/mol. The Balaban J connectivity index is 0.00000392. The number of hydrogen-bond acceptors (Lipinski definition) is 2. The maximum atomic E-state index is 12.9. The van der Waals surface area contributed by atoms with Crippen LogP contribution in [0.1, 0.15) is 18.1 Å². The number of hydrogen-bond donors (Lipinski definition) is 3. The van der Waals surface area contributed by atoms with Gasteiger partial charge in [-0.2, -0.15) is 0 Å². The van der Waals surface area contributed by atoms with Gasteiger partial charge in [0.15, 0.2) is 5.96 Å². The highest BCUT2D eigenvalue weighted by atomic mass is 127. The molecule has 8 heteroatoms. The van der Waals surface area contributed by atoms with E-state index in [0.717, 1.165) is 17.7 Å². The maximum absolute atomic E-state index is 12.9. The number of nitrogens with zero attached hydrogens (tertiary/aromatic N) is 1. The summed E-state index contributed by atoms with van der Waals surface area (Å²) in [6, 6.07) is 13.5. The minimum atomic E-state index is -0.310. The molecular formula is C20H25ClFIN4O. The number of rotatable bonds is 8. The first-order valence-corrected chi connectivity index (χ1v) is 9.23. The first-order valence-electron chi connectivity index (χ1n) is 8.85. The summed E-state index contributed by atoms with van der Waals surface area (Å²) in [6.07, 6.45) is 0.223. The number of aliphatic imine (C=N–C) groups is 1. The van der Waals surface area contributed by atoms with Crippen molar-refractivity contribution < 1.29 is 9.18 Å². The van der Waals surface area contributed by atoms with Crippen LogP contribution in [0.2, 0.25) is 5.02 Å². The van der Waals surface area contributed by atoms with E-state index in [0.29, 0.717) is 30.6 Å². The van der Waals surface area contributed by atoms with Crippen LogP contribution >= 0.6 is 35.6 Å². The van der Waals surface area contributed by atoms with Gasteiger partial charge in [0, 0.05) is 24.7 Å². The Labute approximate surface area is 187 Å². The average Bonchev–Trinajstić information content (AvgIpc) is 2.66. The van der Waals surface area contributed by atoms with Crippen LogP contribution in [-0.2, 0) is 17.8 Å². The van der Waals surface area contributed by atoms with E-state index in [2.05, 4.69) is 20.9 Å². The predicted octanol–water partition coefficient (Wildman–Crippen LogP) is 3.51. The van der Waals surface area contributed by atoms with Gasteiger partial charge in [-0.25, -0.2) is 9.38 Å². The standard InChI is InChI=1S/C20H24ClFN4O.HI/c1-2-23-20(26-14-16-5-3-4-6-18(16)21)25-12-11-24-19(27)13-15-7-9-17(22)10-8-15;/h3-10H,2,11-14H2,1H3,(H,24,27)(H2,23,25,26);1H. The lowest BCUT2D eigenvalue weighted by molar-refractivity contribution is -0.120. The molecule has 3 N–H and O–H groups in total. The first-order chi connectivity index (χ1) is 13.1. The van der Waals surface area contributed by atoms with Crippen molar-refractivity contribution in [3.05, 3.63) is 70.5 Å². The second-order valence-corrected chi connectivity index (χ2v) is 6.27. The molecule has 2 aromatic rings. The number of halogens is 3. The van der Waals surface area contributed by atoms with Gasteiger partial charge in [-0.1, -0.05) is 41.9 Å². The highest BCUT2D eigenvalue weighted by molar-refractivity contribution is 14.0. The van der Waals surface area contributed by atoms with Crippen molar-refractivity contribution in [2.45, 2.75) is 19.9 Å². The molecule has 2 aromatic carbocycles. The van der Waals surface area contributed by atoms with E-state index >= 15 is 0 Å². The largest absolute Gasteiger partial charge is 0.357 e. The van der Waals surface area contributed by atoms with E-state index in [-0.39, 0.29) is 42.1 Å². The SMILES string of the molecule is CCNC(=NCc1ccccc1Cl)NCCNC(=O)Cc1ccc(F)cc1.I. The molecule has 5 nitrogen and oxygen atoms in total. The number of carbonyl (C=O) groups excluding carboxylic acids is 1. The zero-order chi connectivity index (χ0) is 19.5. The molecule has 0 aliphatic rings. The van der Waals surface area contributed by atoms with E-state index in [1.165, 1.54) is 12.1 Å². The van der Waals surface area contributed by atoms with E-state index in [1.807, 2.05) is 31.2 Å². The lowest BCUT2D eigenvalue weighted by atomic mass is 10.1. The molecule has 0 heterocycles. The van der Waals surface area contributed by atoms with Crippen LogP contribution in [0.15, 0.2) is 53.5 Å². The summed E-state index contributed by atoms with van der Waals surface area (Å²) >= 11 is 6.14. The Morgan fingerprint density at radius 2 is 1.71 bits per heavy atom. The lowest BCUT2D eigenvalue weighted by Crippen LogP contribution is -2.41. The number of benzene rings is 2. The summed E-state index contributed by atoms with van der Waals surface area (Å²) in [6.45, 7) is 4.16. The van der Waals surface area contributed by atoms with Crippen molar-refractivity contribution >= 4 is 47.4 Å². The van der Waals surface area contributed by atoms with E-state index in [9.17, 15) is 9.18 Å². The van der Waals surface area contributed by atoms with Crippen LogP contribution in [0.4, 0.5) is 4.39 Å². The third-order valence-corrected chi connectivity index (χ3v) is 4.10. The molecule has 0 aliphatic heterocycles. The van der Waals surface area contributed by atoms with Crippen molar-refractivity contribution in [1.29, 1.82) is 0 Å². The molecule has 2 rings (SSSR count). The quantitative estimate of drug-likeness (QED) is 0.217. The van der Waals surface area contributed by atoms with Crippen LogP contribution in [0.5, 0.6) is 0 Å². The van der Waals surface area contributed by atoms with Crippen LogP contribution in [0, 0.1) is 5.82 Å². The van der Waals surface area contributed by atoms with E-state index < -0.39 is 0 Å². The van der Waals surface area contributed by atoms with Crippen LogP contribution < -0.4 is 16.0 Å². The van der Waals surface area contributed by atoms with Gasteiger partial charge in [-0.15, -0.1) is 24.0 Å². The molecule has 1 amide bonds. The smallest absolute Gasteiger partial charge is 0.224 e. The van der Waals surface area contributed by atoms with Crippen molar-refractivity contribution in [3.8, 4) is 0 Å². The van der Waals surface area contributed by atoms with Crippen molar-refractivity contribution in [1.82, 2.24) is 16.0 Å². The van der Waals surface area contributed by atoms with Gasteiger partial charge in [0.05, 0.1) is 13.0 Å². The molecule has 0 atom stereocenters. The molecule has 152 valence electrons. The minimum Gasteiger partial charge on any atom is -0.357 e. The molecule has 0 aromatic heterocycles. The van der Waals surface area contributed by atoms with Crippen LogP contribution in [0.3, 0.4) is 0 Å². The zero-order valence-electron chi connectivity index (χ0n) is 15.7. The number of amides is 1. The summed E-state index contributed by atoms with van der Waals surface area (Å²) in [5, 5.41) is 9.83. The molecular weight excluding hydrogens is 494 g/mol. The molecule has 0 saturated heterocycles. The van der Waals surface area contributed by atoms with Gasteiger partial charge in [0.25, 0.3) is 0 Å². The second kappa shape index (κ2) is 13.3. The Bertz CT molecular complexity index is 771. The van der Waals surface area contributed by atoms with Crippen molar-refractivity contribution in [2.24, 2.45) is 4.99 Å². The fourth-order valence-electron chi connectivity index (χ4n) is 2.37. The summed E-state index contributed by atoms with van der Waals surface area (Å²) in [7, 11) is 0. The third-order valence-electron chi connectivity index (χ3n) is 3.73. The molecule has 0 spiro atoms. The van der Waals surface area contributed by atoms with Gasteiger partial charge >= 0.3 is 0 Å². The second-order valence-electron chi connectivity index (χ2n) is 5.87. The molecule has 0 bridgehead atoms. The zero-order valence-corrected chi connectivity index (χ0v) is 18.8. The van der Waals surface area contributed by atoms with Crippen molar-refractivity contribution in [3.63, 3.8) is 0 Å². The summed E-state index contributed by atoms with van der Waals surface area (Å²) in [4.78, 5) is 16.4. The topological polar surface area (TPSA) is 65.5 Å². The van der Waals surface area contributed by atoms with Crippen LogP contribution in [0.25, 0.3) is 0 Å². The van der Waals surface area contributed by atoms with Gasteiger partial charge < -0.3 is 16.0 Å². The number of nitrogens with one attached hydrogen (secondary N) is 3. The molecule has 0 unspecified atom stereocenters. The first kappa shape index (κ1) is 24.2. The Morgan fingerprint density at radius 3 is 2.39 bits per heavy atom. The van der Waals surface area contributed by atoms with E-state index in [1.54, 1.807) is 12.1 Å². The molecule has 28 heavy (non-hydrogen) atoms. The number of carbonyl (C=O) groups is 1. The maximum Gasteiger partial charge on any atom is 0.224 e. The summed E-state index contributed by atoms with van der Waals surface area (Å²) < 4.78 is 12.9. The van der Waals surface area contributed by atoms with E-state index in [4.69, 9.17) is 11.6 Å². The normalized spacial score (nSPS) is 10.8. The highest BCUT2D eigenvalue weighted by Gasteiger charge is 2.04. The van der Waals surface area contributed by atoms with Gasteiger partial charge in [0.2, 0.25) is 5.91 Å². The summed E-state index contributed by atoms with van der Waals surface area (Å²) in [5.74, 6) is 0.238. The monoisotopic (exact) mass is 518 g/mol. The molecule has 0 fully saturated rings. The van der Waals surface area contributed by atoms with Crippen LogP contribution in [-0.4, -0.2) is 31.5 Å². The molecule has 0 radical (unpaired) electrons. The third kappa shape index (κ3) is 8.88. The highest BCUT2D eigenvalue weighted by Crippen LogP contribution is 2.15. The Kier molecular flexibility index (Phi) is 11.5. The molecule has 0 saturated carbocycles. The Hall–Kier alpha value is -1.87. The minimum absolute atomic E-state index is 0. The molecule has 0 aliphatic carbocycles. The van der Waals surface area contributed by atoms with Gasteiger partial charge in [-0.3, -0.25) is 4.79 Å². The lowest BCUT2D eigenvalue weighted by Gasteiger charge is -2.12.